The first-order chi connectivity index (χ1) is 16.7. The minimum atomic E-state index is -4.46. The Labute approximate surface area is 205 Å². The largest absolute Gasteiger partial charge is 0.423 e. The number of esters is 1. The molecule has 0 amide bonds. The maximum absolute atomic E-state index is 15.0. The second kappa shape index (κ2) is 11.1. The van der Waals surface area contributed by atoms with Crippen molar-refractivity contribution >= 4 is 5.97 Å². The maximum Gasteiger partial charge on any atom is 0.416 e. The average molecular weight is 491 g/mol. The van der Waals surface area contributed by atoms with Crippen LogP contribution in [0.5, 0.6) is 5.75 Å². The molecule has 6 heteroatoms. The van der Waals surface area contributed by atoms with Gasteiger partial charge in [0, 0.05) is 0 Å². The lowest BCUT2D eigenvalue weighted by Crippen LogP contribution is -2.30. The Bertz CT molecular complexity index is 999. The van der Waals surface area contributed by atoms with Gasteiger partial charge in [-0.05, 0) is 97.7 Å². The second-order valence-electron chi connectivity index (χ2n) is 10.4. The Balaban J connectivity index is 1.34. The summed E-state index contributed by atoms with van der Waals surface area (Å²) >= 11 is 0. The minimum absolute atomic E-state index is 0.0175. The third-order valence-electron chi connectivity index (χ3n) is 8.01. The maximum atomic E-state index is 15.0. The summed E-state index contributed by atoms with van der Waals surface area (Å²) in [6, 6.07) is 8.30. The molecule has 2 aliphatic carbocycles. The Hall–Kier alpha value is -2.37. The van der Waals surface area contributed by atoms with Crippen LogP contribution >= 0.6 is 0 Å². The van der Waals surface area contributed by atoms with Gasteiger partial charge in [0.25, 0.3) is 0 Å². The molecule has 2 saturated carbocycles. The predicted molar refractivity (Wildman–Crippen MR) is 128 cm³/mol. The number of benzene rings is 2. The van der Waals surface area contributed by atoms with E-state index >= 15 is 4.39 Å². The Morgan fingerprint density at radius 3 is 2.34 bits per heavy atom. The Kier molecular flexibility index (Phi) is 8.18. The first kappa shape index (κ1) is 25.7. The zero-order chi connectivity index (χ0) is 25.0. The van der Waals surface area contributed by atoms with Crippen LogP contribution in [-0.2, 0) is 6.18 Å². The van der Waals surface area contributed by atoms with Crippen molar-refractivity contribution in [3.8, 4) is 5.75 Å². The van der Waals surface area contributed by atoms with E-state index in [9.17, 15) is 18.0 Å². The highest BCUT2D eigenvalue weighted by molar-refractivity contribution is 5.91. The van der Waals surface area contributed by atoms with Crippen molar-refractivity contribution in [1.82, 2.24) is 0 Å². The first-order valence-electron chi connectivity index (χ1n) is 12.9. The monoisotopic (exact) mass is 490 g/mol. The number of carbonyl (C=O) groups excluding carboxylic acids is 1. The lowest BCUT2D eigenvalue weighted by Gasteiger charge is -2.42. The van der Waals surface area contributed by atoms with E-state index in [1.54, 1.807) is 12.1 Å². The SMILES string of the molecule is CCCCC[C@H]1CC[C@@H]2CC(c3ccc(C(=O)Oc4ccc(C(F)(F)F)cc4)cc3F)CC[C@H]2C1. The van der Waals surface area contributed by atoms with Crippen molar-refractivity contribution in [1.29, 1.82) is 0 Å². The number of unbranched alkanes of at least 4 members (excludes halogenated alkanes) is 2. The van der Waals surface area contributed by atoms with Crippen molar-refractivity contribution in [2.75, 3.05) is 0 Å². The van der Waals surface area contributed by atoms with E-state index in [1.165, 1.54) is 51.0 Å². The molecule has 0 bridgehead atoms. The molecule has 2 aromatic rings. The van der Waals surface area contributed by atoms with Gasteiger partial charge in [-0.1, -0.05) is 45.1 Å². The Morgan fingerprint density at radius 1 is 0.943 bits per heavy atom. The molecular weight excluding hydrogens is 456 g/mol. The van der Waals surface area contributed by atoms with Crippen LogP contribution in [0, 0.1) is 23.6 Å². The number of halogens is 4. The summed E-state index contributed by atoms with van der Waals surface area (Å²) in [4.78, 5) is 12.4. The van der Waals surface area contributed by atoms with E-state index in [4.69, 9.17) is 4.74 Å². The van der Waals surface area contributed by atoms with Crippen molar-refractivity contribution in [3.63, 3.8) is 0 Å². The molecule has 1 unspecified atom stereocenters. The van der Waals surface area contributed by atoms with Crippen LogP contribution in [0.2, 0.25) is 0 Å². The normalized spacial score (nSPS) is 24.6. The van der Waals surface area contributed by atoms with Gasteiger partial charge < -0.3 is 4.74 Å². The number of hydrogen-bond acceptors (Lipinski definition) is 2. The predicted octanol–water partition coefficient (Wildman–Crippen LogP) is 8.94. The molecule has 2 nitrogen and oxygen atoms in total. The van der Waals surface area contributed by atoms with Crippen molar-refractivity contribution in [2.45, 2.75) is 83.2 Å². The average Bonchev–Trinajstić information content (AvgIpc) is 2.83. The van der Waals surface area contributed by atoms with Gasteiger partial charge in [-0.3, -0.25) is 0 Å². The third kappa shape index (κ3) is 6.45. The van der Waals surface area contributed by atoms with Gasteiger partial charge in [0.1, 0.15) is 11.6 Å². The molecule has 0 N–H and O–H groups in total. The molecule has 0 heterocycles. The summed E-state index contributed by atoms with van der Waals surface area (Å²) < 4.78 is 58.3. The highest BCUT2D eigenvalue weighted by Crippen LogP contribution is 2.48. The van der Waals surface area contributed by atoms with Gasteiger partial charge in [0.05, 0.1) is 11.1 Å². The van der Waals surface area contributed by atoms with Gasteiger partial charge in [0.2, 0.25) is 0 Å². The fraction of sp³-hybridized carbons (Fsp3) is 0.552. The summed E-state index contributed by atoms with van der Waals surface area (Å²) in [6.45, 7) is 2.24. The lowest BCUT2D eigenvalue weighted by molar-refractivity contribution is -0.137. The molecule has 190 valence electrons. The van der Waals surface area contributed by atoms with Crippen LogP contribution in [0.3, 0.4) is 0 Å². The molecular formula is C29H34F4O2. The number of rotatable bonds is 7. The fourth-order valence-corrected chi connectivity index (χ4v) is 6.08. The quantitative estimate of drug-likeness (QED) is 0.168. The number of carbonyl (C=O) groups is 1. The first-order valence-corrected chi connectivity index (χ1v) is 12.9. The zero-order valence-electron chi connectivity index (χ0n) is 20.3. The lowest BCUT2D eigenvalue weighted by atomic mass is 9.63. The number of hydrogen-bond donors (Lipinski definition) is 0. The molecule has 0 aliphatic heterocycles. The summed E-state index contributed by atoms with van der Waals surface area (Å²) in [5, 5.41) is 0. The van der Waals surface area contributed by atoms with Gasteiger partial charge in [-0.15, -0.1) is 0 Å². The molecule has 0 aromatic heterocycles. The second-order valence-corrected chi connectivity index (χ2v) is 10.4. The van der Waals surface area contributed by atoms with Crippen molar-refractivity contribution in [3.05, 3.63) is 65.0 Å². The van der Waals surface area contributed by atoms with Gasteiger partial charge >= 0.3 is 12.1 Å². The van der Waals surface area contributed by atoms with Gasteiger partial charge in [-0.2, -0.15) is 13.2 Å². The molecule has 4 atom stereocenters. The topological polar surface area (TPSA) is 26.3 Å². The number of ether oxygens (including phenoxy) is 1. The molecule has 2 aliphatic rings. The Morgan fingerprint density at radius 2 is 1.66 bits per heavy atom. The van der Waals surface area contributed by atoms with E-state index in [2.05, 4.69) is 6.92 Å². The van der Waals surface area contributed by atoms with Crippen LogP contribution in [0.4, 0.5) is 17.6 Å². The standard InChI is InChI=1S/C29H34F4O2/c1-2-3-4-5-19-6-7-21-17-22(9-8-20(21)16-19)26-15-10-23(18-27(26)30)28(34)35-25-13-11-24(12-14-25)29(31,32)33/h10-15,18-22H,2-9,16-17H2,1H3/t19-,20-,21+,22?/m0/s1. The number of alkyl halides is 3. The van der Waals surface area contributed by atoms with Crippen molar-refractivity contribution < 1.29 is 27.1 Å². The molecule has 0 spiro atoms. The highest BCUT2D eigenvalue weighted by atomic mass is 19.4. The third-order valence-corrected chi connectivity index (χ3v) is 8.01. The van der Waals surface area contributed by atoms with E-state index in [1.807, 2.05) is 0 Å². The summed E-state index contributed by atoms with van der Waals surface area (Å²) in [5.41, 5.74) is -0.126. The smallest absolute Gasteiger partial charge is 0.416 e. The van der Waals surface area contributed by atoms with Crippen LogP contribution < -0.4 is 4.74 Å². The summed E-state index contributed by atoms with van der Waals surface area (Å²) in [7, 11) is 0. The van der Waals surface area contributed by atoms with Gasteiger partial charge in [0.15, 0.2) is 0 Å². The van der Waals surface area contributed by atoms with Gasteiger partial charge in [-0.25, -0.2) is 9.18 Å². The van der Waals surface area contributed by atoms with Crippen LogP contribution in [0.25, 0.3) is 0 Å². The van der Waals surface area contributed by atoms with E-state index in [0.717, 1.165) is 55.4 Å². The molecule has 2 fully saturated rings. The summed E-state index contributed by atoms with van der Waals surface area (Å²) in [6.07, 6.45) is 7.74. The molecule has 0 saturated heterocycles. The fourth-order valence-electron chi connectivity index (χ4n) is 6.08. The van der Waals surface area contributed by atoms with Crippen LogP contribution in [0.1, 0.15) is 98.5 Å². The highest BCUT2D eigenvalue weighted by Gasteiger charge is 2.36. The molecule has 0 radical (unpaired) electrons. The summed E-state index contributed by atoms with van der Waals surface area (Å²) in [5.74, 6) is 1.20. The molecule has 4 rings (SSSR count). The minimum Gasteiger partial charge on any atom is -0.423 e. The van der Waals surface area contributed by atoms with Crippen molar-refractivity contribution in [2.24, 2.45) is 17.8 Å². The van der Waals surface area contributed by atoms with Crippen LogP contribution in [-0.4, -0.2) is 5.97 Å². The molecule has 2 aromatic carbocycles. The number of fused-ring (bicyclic) bond motifs is 1. The van der Waals surface area contributed by atoms with Crippen LogP contribution in [0.15, 0.2) is 42.5 Å². The molecule has 35 heavy (non-hydrogen) atoms. The van der Waals surface area contributed by atoms with E-state index in [0.29, 0.717) is 11.5 Å². The zero-order valence-corrected chi connectivity index (χ0v) is 20.3. The van der Waals surface area contributed by atoms with E-state index < -0.39 is 23.5 Å². The van der Waals surface area contributed by atoms with E-state index in [-0.39, 0.29) is 17.2 Å².